The molecule has 0 bridgehead atoms. The third kappa shape index (κ3) is 3.36. The minimum atomic E-state index is -1.08. The van der Waals surface area contributed by atoms with Crippen LogP contribution < -0.4 is 10.6 Å². The molecule has 0 aliphatic carbocycles. The molecule has 0 radical (unpaired) electrons. The van der Waals surface area contributed by atoms with E-state index < -0.39 is 11.6 Å². The Morgan fingerprint density at radius 3 is 2.52 bits per heavy atom. The SMILES string of the molecule is CCCCNC(=O)CN1C(=O)N[C@](CC)(c2ccccc2)C1=O. The summed E-state index contributed by atoms with van der Waals surface area (Å²) >= 11 is 0. The summed E-state index contributed by atoms with van der Waals surface area (Å²) in [4.78, 5) is 37.9. The van der Waals surface area contributed by atoms with E-state index in [0.29, 0.717) is 13.0 Å². The van der Waals surface area contributed by atoms with Gasteiger partial charge in [-0.2, -0.15) is 0 Å². The van der Waals surface area contributed by atoms with Crippen LogP contribution in [0.2, 0.25) is 0 Å². The minimum Gasteiger partial charge on any atom is -0.355 e. The van der Waals surface area contributed by atoms with Crippen molar-refractivity contribution in [2.75, 3.05) is 13.1 Å². The topological polar surface area (TPSA) is 78.5 Å². The van der Waals surface area contributed by atoms with Crippen LogP contribution in [0, 0.1) is 0 Å². The standard InChI is InChI=1S/C17H23N3O3/c1-3-5-11-18-14(21)12-20-15(22)17(4-2,19-16(20)23)13-9-7-6-8-10-13/h6-10H,3-5,11-12H2,1-2H3,(H,18,21)(H,19,23)/t17-/m1/s1. The molecule has 0 spiro atoms. The fraction of sp³-hybridized carbons (Fsp3) is 0.471. The molecule has 2 N–H and O–H groups in total. The Bertz CT molecular complexity index is 588. The third-order valence-corrected chi connectivity index (χ3v) is 4.13. The van der Waals surface area contributed by atoms with Gasteiger partial charge in [0.25, 0.3) is 5.91 Å². The number of hydrogen-bond donors (Lipinski definition) is 2. The number of amides is 4. The van der Waals surface area contributed by atoms with Gasteiger partial charge in [-0.25, -0.2) is 4.79 Å². The first-order valence-electron chi connectivity index (χ1n) is 8.01. The highest BCUT2D eigenvalue weighted by atomic mass is 16.2. The molecule has 6 nitrogen and oxygen atoms in total. The van der Waals surface area contributed by atoms with Gasteiger partial charge in [-0.05, 0) is 18.4 Å². The molecule has 1 fully saturated rings. The van der Waals surface area contributed by atoms with E-state index in [1.807, 2.05) is 44.2 Å². The Hall–Kier alpha value is -2.37. The highest BCUT2D eigenvalue weighted by molar-refractivity contribution is 6.09. The molecule has 0 saturated carbocycles. The summed E-state index contributed by atoms with van der Waals surface area (Å²) in [7, 11) is 0. The van der Waals surface area contributed by atoms with Crippen molar-refractivity contribution in [1.82, 2.24) is 15.5 Å². The Balaban J connectivity index is 2.14. The summed E-state index contributed by atoms with van der Waals surface area (Å²) < 4.78 is 0. The van der Waals surface area contributed by atoms with Crippen molar-refractivity contribution >= 4 is 17.8 Å². The lowest BCUT2D eigenvalue weighted by Gasteiger charge is -2.25. The van der Waals surface area contributed by atoms with Crippen molar-refractivity contribution in [3.8, 4) is 0 Å². The summed E-state index contributed by atoms with van der Waals surface area (Å²) in [5.74, 6) is -0.691. The predicted molar refractivity (Wildman–Crippen MR) is 86.6 cm³/mol. The van der Waals surface area contributed by atoms with Gasteiger partial charge in [-0.1, -0.05) is 50.6 Å². The zero-order chi connectivity index (χ0) is 16.9. The van der Waals surface area contributed by atoms with E-state index >= 15 is 0 Å². The second-order valence-corrected chi connectivity index (χ2v) is 5.65. The molecule has 1 aliphatic rings. The van der Waals surface area contributed by atoms with Gasteiger partial charge < -0.3 is 10.6 Å². The lowest BCUT2D eigenvalue weighted by atomic mass is 9.87. The largest absolute Gasteiger partial charge is 0.355 e. The van der Waals surface area contributed by atoms with Gasteiger partial charge in [0.1, 0.15) is 12.1 Å². The molecule has 6 heteroatoms. The van der Waals surface area contributed by atoms with Crippen LogP contribution in [0.25, 0.3) is 0 Å². The van der Waals surface area contributed by atoms with Gasteiger partial charge in [0.2, 0.25) is 5.91 Å². The molecule has 0 aromatic heterocycles. The molecule has 0 unspecified atom stereocenters. The fourth-order valence-electron chi connectivity index (χ4n) is 2.74. The fourth-order valence-corrected chi connectivity index (χ4v) is 2.74. The average Bonchev–Trinajstić information content (AvgIpc) is 2.81. The van der Waals surface area contributed by atoms with Crippen molar-refractivity contribution in [2.45, 2.75) is 38.6 Å². The maximum Gasteiger partial charge on any atom is 0.325 e. The van der Waals surface area contributed by atoms with Crippen LogP contribution in [0.3, 0.4) is 0 Å². The summed E-state index contributed by atoms with van der Waals surface area (Å²) in [6, 6.07) is 8.61. The quantitative estimate of drug-likeness (QED) is 0.594. The number of nitrogens with one attached hydrogen (secondary N) is 2. The van der Waals surface area contributed by atoms with Crippen molar-refractivity contribution in [3.05, 3.63) is 35.9 Å². The van der Waals surface area contributed by atoms with E-state index in [1.165, 1.54) is 0 Å². The number of carbonyl (C=O) groups excluding carboxylic acids is 3. The first-order valence-corrected chi connectivity index (χ1v) is 8.01. The minimum absolute atomic E-state index is 0.247. The van der Waals surface area contributed by atoms with Crippen molar-refractivity contribution in [2.24, 2.45) is 0 Å². The number of imide groups is 1. The smallest absolute Gasteiger partial charge is 0.325 e. The average molecular weight is 317 g/mol. The second kappa shape index (κ2) is 7.26. The second-order valence-electron chi connectivity index (χ2n) is 5.65. The van der Waals surface area contributed by atoms with E-state index in [9.17, 15) is 14.4 Å². The van der Waals surface area contributed by atoms with Crippen molar-refractivity contribution in [1.29, 1.82) is 0 Å². The molecule has 1 aliphatic heterocycles. The Labute approximate surface area is 136 Å². The van der Waals surface area contributed by atoms with E-state index in [-0.39, 0.29) is 18.4 Å². The molecule has 1 saturated heterocycles. The number of rotatable bonds is 7. The molecular formula is C17H23N3O3. The van der Waals surface area contributed by atoms with Crippen LogP contribution in [0.15, 0.2) is 30.3 Å². The molecule has 1 aromatic carbocycles. The first kappa shape index (κ1) is 17.0. The number of hydrogen-bond acceptors (Lipinski definition) is 3. The molecule has 1 atom stereocenters. The van der Waals surface area contributed by atoms with Crippen LogP contribution in [-0.4, -0.2) is 35.8 Å². The van der Waals surface area contributed by atoms with E-state index in [4.69, 9.17) is 0 Å². The van der Waals surface area contributed by atoms with Crippen LogP contribution in [0.1, 0.15) is 38.7 Å². The molecule has 1 aromatic rings. The van der Waals surface area contributed by atoms with Crippen LogP contribution in [-0.2, 0) is 15.1 Å². The Kier molecular flexibility index (Phi) is 5.36. The Morgan fingerprint density at radius 1 is 1.22 bits per heavy atom. The number of unbranched alkanes of at least 4 members (excludes halogenated alkanes) is 1. The van der Waals surface area contributed by atoms with Crippen LogP contribution >= 0.6 is 0 Å². The molecule has 1 heterocycles. The Morgan fingerprint density at radius 2 is 1.91 bits per heavy atom. The monoisotopic (exact) mass is 317 g/mol. The maximum absolute atomic E-state index is 12.8. The van der Waals surface area contributed by atoms with Gasteiger partial charge in [-0.15, -0.1) is 0 Å². The summed E-state index contributed by atoms with van der Waals surface area (Å²) in [6.45, 7) is 4.18. The summed E-state index contributed by atoms with van der Waals surface area (Å²) in [5.41, 5.74) is -0.350. The molecule has 4 amide bonds. The van der Waals surface area contributed by atoms with Gasteiger partial charge in [0.05, 0.1) is 0 Å². The number of benzene rings is 1. The summed E-state index contributed by atoms with van der Waals surface area (Å²) in [6.07, 6.45) is 2.26. The third-order valence-electron chi connectivity index (χ3n) is 4.13. The van der Waals surface area contributed by atoms with E-state index in [1.54, 1.807) is 0 Å². The summed E-state index contributed by atoms with van der Waals surface area (Å²) in [5, 5.41) is 5.49. The lowest BCUT2D eigenvalue weighted by molar-refractivity contribution is -0.135. The molecule has 23 heavy (non-hydrogen) atoms. The number of carbonyl (C=O) groups is 3. The van der Waals surface area contributed by atoms with Gasteiger partial charge in [-0.3, -0.25) is 14.5 Å². The molecule has 2 rings (SSSR count). The zero-order valence-corrected chi connectivity index (χ0v) is 13.6. The number of nitrogens with zero attached hydrogens (tertiary/aromatic N) is 1. The van der Waals surface area contributed by atoms with Crippen LogP contribution in [0.4, 0.5) is 4.79 Å². The van der Waals surface area contributed by atoms with E-state index in [2.05, 4.69) is 10.6 Å². The van der Waals surface area contributed by atoms with Gasteiger partial charge in [0, 0.05) is 6.54 Å². The lowest BCUT2D eigenvalue weighted by Crippen LogP contribution is -2.44. The van der Waals surface area contributed by atoms with E-state index in [0.717, 1.165) is 23.3 Å². The maximum atomic E-state index is 12.8. The number of urea groups is 1. The van der Waals surface area contributed by atoms with Crippen LogP contribution in [0.5, 0.6) is 0 Å². The van der Waals surface area contributed by atoms with Gasteiger partial charge >= 0.3 is 6.03 Å². The highest BCUT2D eigenvalue weighted by Crippen LogP contribution is 2.32. The van der Waals surface area contributed by atoms with Gasteiger partial charge in [0.15, 0.2) is 0 Å². The molecular weight excluding hydrogens is 294 g/mol. The van der Waals surface area contributed by atoms with Crippen molar-refractivity contribution in [3.63, 3.8) is 0 Å². The zero-order valence-electron chi connectivity index (χ0n) is 13.6. The first-order chi connectivity index (χ1) is 11.0. The normalized spacial score (nSPS) is 20.5. The predicted octanol–water partition coefficient (Wildman–Crippen LogP) is 1.76. The highest BCUT2D eigenvalue weighted by Gasteiger charge is 2.51. The van der Waals surface area contributed by atoms with Crippen molar-refractivity contribution < 1.29 is 14.4 Å². The molecule has 124 valence electrons.